The number of anilines is 1. The standard InChI is InChI=1S/C15H14ClNO3S2/c1-21-13-6-4-12(5-7-13)17-15(18)10-22(19,20)14-8-2-11(16)3-9-14/h2-9H,10H2,1H3,(H,17,18). The number of nitrogens with one attached hydrogen (secondary N) is 1. The van der Waals surface area contributed by atoms with Crippen LogP contribution in [0.25, 0.3) is 0 Å². The van der Waals surface area contributed by atoms with E-state index >= 15 is 0 Å². The van der Waals surface area contributed by atoms with Gasteiger partial charge < -0.3 is 5.32 Å². The Hall–Kier alpha value is -1.50. The lowest BCUT2D eigenvalue weighted by molar-refractivity contribution is -0.113. The van der Waals surface area contributed by atoms with Gasteiger partial charge in [0.05, 0.1) is 4.90 Å². The van der Waals surface area contributed by atoms with E-state index in [9.17, 15) is 13.2 Å². The molecule has 0 heterocycles. The molecule has 0 aromatic heterocycles. The van der Waals surface area contributed by atoms with Crippen molar-refractivity contribution < 1.29 is 13.2 Å². The van der Waals surface area contributed by atoms with Crippen LogP contribution < -0.4 is 5.32 Å². The second-order valence-corrected chi connectivity index (χ2v) is 7.80. The molecular formula is C15H14ClNO3S2. The summed E-state index contributed by atoms with van der Waals surface area (Å²) in [5.74, 6) is -1.19. The minimum absolute atomic E-state index is 0.0739. The van der Waals surface area contributed by atoms with Crippen molar-refractivity contribution in [2.24, 2.45) is 0 Å². The average Bonchev–Trinajstić information content (AvgIpc) is 2.48. The monoisotopic (exact) mass is 355 g/mol. The lowest BCUT2D eigenvalue weighted by Crippen LogP contribution is -2.22. The predicted molar refractivity (Wildman–Crippen MR) is 90.4 cm³/mol. The van der Waals surface area contributed by atoms with Gasteiger partial charge in [0.1, 0.15) is 5.75 Å². The molecule has 2 aromatic rings. The molecule has 2 rings (SSSR count). The fraction of sp³-hybridized carbons (Fsp3) is 0.133. The third kappa shape index (κ3) is 4.50. The van der Waals surface area contributed by atoms with Crippen LogP contribution in [0.5, 0.6) is 0 Å². The number of hydrogen-bond donors (Lipinski definition) is 1. The van der Waals surface area contributed by atoms with Crippen LogP contribution in [-0.4, -0.2) is 26.3 Å². The molecule has 0 bridgehead atoms. The highest BCUT2D eigenvalue weighted by atomic mass is 35.5. The molecule has 4 nitrogen and oxygen atoms in total. The van der Waals surface area contributed by atoms with Crippen LogP contribution in [0.4, 0.5) is 5.69 Å². The van der Waals surface area contributed by atoms with Crippen LogP contribution in [0.3, 0.4) is 0 Å². The molecule has 0 aliphatic rings. The second-order valence-electron chi connectivity index (χ2n) is 4.49. The zero-order chi connectivity index (χ0) is 16.2. The van der Waals surface area contributed by atoms with Crippen molar-refractivity contribution in [2.45, 2.75) is 9.79 Å². The Labute approximate surface area is 138 Å². The summed E-state index contributed by atoms with van der Waals surface area (Å²) in [6.45, 7) is 0. The number of thioether (sulfide) groups is 1. The summed E-state index contributed by atoms with van der Waals surface area (Å²) in [6, 6.07) is 12.9. The predicted octanol–water partition coefficient (Wildman–Crippen LogP) is 3.47. The van der Waals surface area contributed by atoms with Crippen molar-refractivity contribution in [3.05, 3.63) is 53.6 Å². The summed E-state index contributed by atoms with van der Waals surface area (Å²) < 4.78 is 24.3. The van der Waals surface area contributed by atoms with Crippen LogP contribution in [0.1, 0.15) is 0 Å². The Bertz CT molecular complexity index is 756. The maximum Gasteiger partial charge on any atom is 0.239 e. The van der Waals surface area contributed by atoms with Crippen molar-refractivity contribution in [1.29, 1.82) is 0 Å². The third-order valence-electron chi connectivity index (χ3n) is 2.87. The molecule has 0 aliphatic heterocycles. The molecule has 0 atom stereocenters. The fourth-order valence-corrected chi connectivity index (χ4v) is 3.44. The van der Waals surface area contributed by atoms with Gasteiger partial charge in [0.25, 0.3) is 0 Å². The van der Waals surface area contributed by atoms with Crippen LogP contribution in [-0.2, 0) is 14.6 Å². The zero-order valence-electron chi connectivity index (χ0n) is 11.7. The Kier molecular flexibility index (Phi) is 5.50. The summed E-state index contributed by atoms with van der Waals surface area (Å²) in [5, 5.41) is 3.02. The molecule has 116 valence electrons. The fourth-order valence-electron chi connectivity index (χ4n) is 1.77. The molecule has 0 aliphatic carbocycles. The lowest BCUT2D eigenvalue weighted by atomic mass is 10.3. The maximum atomic E-state index is 12.1. The first-order chi connectivity index (χ1) is 10.4. The van der Waals surface area contributed by atoms with Gasteiger partial charge in [0.2, 0.25) is 5.91 Å². The van der Waals surface area contributed by atoms with Gasteiger partial charge in [0.15, 0.2) is 9.84 Å². The van der Waals surface area contributed by atoms with E-state index in [1.54, 1.807) is 23.9 Å². The Balaban J connectivity index is 2.05. The molecular weight excluding hydrogens is 342 g/mol. The van der Waals surface area contributed by atoms with Gasteiger partial charge in [-0.25, -0.2) is 8.42 Å². The first-order valence-corrected chi connectivity index (χ1v) is 9.58. The Morgan fingerprint density at radius 3 is 2.23 bits per heavy atom. The number of hydrogen-bond acceptors (Lipinski definition) is 4. The molecule has 0 fully saturated rings. The summed E-state index contributed by atoms with van der Waals surface area (Å²) in [6.07, 6.45) is 1.95. The van der Waals surface area contributed by atoms with Gasteiger partial charge in [-0.15, -0.1) is 11.8 Å². The molecule has 0 radical (unpaired) electrons. The highest BCUT2D eigenvalue weighted by Crippen LogP contribution is 2.18. The van der Waals surface area contributed by atoms with Crippen LogP contribution >= 0.6 is 23.4 Å². The van der Waals surface area contributed by atoms with E-state index in [1.807, 2.05) is 18.4 Å². The summed E-state index contributed by atoms with van der Waals surface area (Å²) in [4.78, 5) is 13.0. The van der Waals surface area contributed by atoms with Gasteiger partial charge in [-0.05, 0) is 54.8 Å². The topological polar surface area (TPSA) is 63.2 Å². The van der Waals surface area contributed by atoms with Gasteiger partial charge in [-0.3, -0.25) is 4.79 Å². The molecule has 0 saturated carbocycles. The lowest BCUT2D eigenvalue weighted by Gasteiger charge is -2.07. The zero-order valence-corrected chi connectivity index (χ0v) is 14.1. The van der Waals surface area contributed by atoms with E-state index in [1.165, 1.54) is 24.3 Å². The molecule has 1 N–H and O–H groups in total. The highest BCUT2D eigenvalue weighted by molar-refractivity contribution is 7.98. The third-order valence-corrected chi connectivity index (χ3v) is 5.50. The van der Waals surface area contributed by atoms with Crippen molar-refractivity contribution in [3.63, 3.8) is 0 Å². The number of rotatable bonds is 5. The van der Waals surface area contributed by atoms with Gasteiger partial charge in [-0.2, -0.15) is 0 Å². The van der Waals surface area contributed by atoms with Crippen LogP contribution in [0, 0.1) is 0 Å². The van der Waals surface area contributed by atoms with E-state index < -0.39 is 21.5 Å². The Morgan fingerprint density at radius 2 is 1.68 bits per heavy atom. The number of amides is 1. The van der Waals surface area contributed by atoms with Crippen molar-refractivity contribution in [1.82, 2.24) is 0 Å². The largest absolute Gasteiger partial charge is 0.325 e. The number of halogens is 1. The highest BCUT2D eigenvalue weighted by Gasteiger charge is 2.19. The van der Waals surface area contributed by atoms with Gasteiger partial charge in [0, 0.05) is 15.6 Å². The second kappa shape index (κ2) is 7.17. The summed E-state index contributed by atoms with van der Waals surface area (Å²) in [7, 11) is -3.68. The number of carbonyl (C=O) groups excluding carboxylic acids is 1. The van der Waals surface area contributed by atoms with Gasteiger partial charge >= 0.3 is 0 Å². The smallest absolute Gasteiger partial charge is 0.239 e. The first kappa shape index (κ1) is 16.9. The quantitative estimate of drug-likeness (QED) is 0.834. The SMILES string of the molecule is CSc1ccc(NC(=O)CS(=O)(=O)c2ccc(Cl)cc2)cc1. The van der Waals surface area contributed by atoms with Crippen molar-refractivity contribution in [2.75, 3.05) is 17.3 Å². The number of sulfone groups is 1. The molecule has 2 aromatic carbocycles. The van der Waals surface area contributed by atoms with Crippen molar-refractivity contribution in [3.8, 4) is 0 Å². The molecule has 0 saturated heterocycles. The van der Waals surface area contributed by atoms with E-state index in [2.05, 4.69) is 5.32 Å². The van der Waals surface area contributed by atoms with Crippen molar-refractivity contribution >= 4 is 44.8 Å². The number of benzene rings is 2. The molecule has 0 unspecified atom stereocenters. The minimum atomic E-state index is -3.68. The molecule has 1 amide bonds. The van der Waals surface area contributed by atoms with E-state index in [4.69, 9.17) is 11.6 Å². The van der Waals surface area contributed by atoms with Crippen LogP contribution in [0.2, 0.25) is 5.02 Å². The van der Waals surface area contributed by atoms with Gasteiger partial charge in [-0.1, -0.05) is 11.6 Å². The number of carbonyl (C=O) groups is 1. The van der Waals surface area contributed by atoms with E-state index in [-0.39, 0.29) is 4.90 Å². The molecule has 0 spiro atoms. The summed E-state index contributed by atoms with van der Waals surface area (Å²) in [5.41, 5.74) is 0.564. The van der Waals surface area contributed by atoms with Crippen LogP contribution in [0.15, 0.2) is 58.3 Å². The summed E-state index contributed by atoms with van der Waals surface area (Å²) >= 11 is 7.31. The van der Waals surface area contributed by atoms with E-state index in [0.29, 0.717) is 10.7 Å². The first-order valence-electron chi connectivity index (χ1n) is 6.33. The minimum Gasteiger partial charge on any atom is -0.325 e. The maximum absolute atomic E-state index is 12.1. The molecule has 22 heavy (non-hydrogen) atoms. The average molecular weight is 356 g/mol. The van der Waals surface area contributed by atoms with E-state index in [0.717, 1.165) is 4.90 Å². The Morgan fingerprint density at radius 1 is 1.09 bits per heavy atom. The normalized spacial score (nSPS) is 11.2. The molecule has 7 heteroatoms.